The van der Waals surface area contributed by atoms with E-state index in [2.05, 4.69) is 5.32 Å². The van der Waals surface area contributed by atoms with Gasteiger partial charge >= 0.3 is 0 Å². The quantitative estimate of drug-likeness (QED) is 0.692. The Morgan fingerprint density at radius 1 is 0.967 bits per heavy atom. The number of carbonyl (C=O) groups is 2. The average molecular weight is 400 g/mol. The van der Waals surface area contributed by atoms with Gasteiger partial charge in [0.1, 0.15) is 0 Å². The molecular weight excluding hydrogens is 376 g/mol. The van der Waals surface area contributed by atoms with E-state index in [1.54, 1.807) is 35.2 Å². The van der Waals surface area contributed by atoms with E-state index >= 15 is 0 Å². The molecule has 1 aliphatic heterocycles. The summed E-state index contributed by atoms with van der Waals surface area (Å²) in [7, 11) is 0. The van der Waals surface area contributed by atoms with Crippen LogP contribution < -0.4 is 10.2 Å². The van der Waals surface area contributed by atoms with Crippen molar-refractivity contribution in [3.8, 4) is 0 Å². The molecule has 0 radical (unpaired) electrons. The molecule has 0 bridgehead atoms. The standard InChI is InChI=1S/C25H24N2O3/c1-17-6-2-4-8-22(17)24(29)26-20-12-10-18(11-13-20)25(30)27-15-14-21(28)16-19-7-3-5-9-23(19)27/h2-13,21,28H,14-16H2,1H3,(H,26,29). The van der Waals surface area contributed by atoms with E-state index in [0.717, 1.165) is 16.8 Å². The van der Waals surface area contributed by atoms with Crippen LogP contribution in [-0.2, 0) is 6.42 Å². The Labute approximate surface area is 176 Å². The van der Waals surface area contributed by atoms with Crippen LogP contribution in [0.4, 0.5) is 11.4 Å². The van der Waals surface area contributed by atoms with E-state index in [0.29, 0.717) is 36.2 Å². The smallest absolute Gasteiger partial charge is 0.258 e. The number of aryl methyl sites for hydroxylation is 1. The van der Waals surface area contributed by atoms with Crippen molar-refractivity contribution < 1.29 is 14.7 Å². The predicted molar refractivity (Wildman–Crippen MR) is 118 cm³/mol. The Bertz CT molecular complexity index is 1080. The number of nitrogens with one attached hydrogen (secondary N) is 1. The third-order valence-corrected chi connectivity index (χ3v) is 5.45. The minimum Gasteiger partial charge on any atom is -0.393 e. The lowest BCUT2D eigenvalue weighted by molar-refractivity contribution is 0.0981. The number of hydrogen-bond donors (Lipinski definition) is 2. The van der Waals surface area contributed by atoms with Gasteiger partial charge in [-0.15, -0.1) is 0 Å². The molecule has 30 heavy (non-hydrogen) atoms. The zero-order chi connectivity index (χ0) is 21.1. The molecule has 0 fully saturated rings. The number of benzene rings is 3. The molecule has 152 valence electrons. The van der Waals surface area contributed by atoms with Crippen molar-refractivity contribution in [2.75, 3.05) is 16.8 Å². The lowest BCUT2D eigenvalue weighted by Gasteiger charge is -2.23. The number of hydrogen-bond acceptors (Lipinski definition) is 3. The number of carbonyl (C=O) groups excluding carboxylic acids is 2. The molecule has 2 N–H and O–H groups in total. The fourth-order valence-electron chi connectivity index (χ4n) is 3.79. The van der Waals surface area contributed by atoms with E-state index in [-0.39, 0.29) is 11.8 Å². The number of aliphatic hydroxyl groups excluding tert-OH is 1. The van der Waals surface area contributed by atoms with Crippen LogP contribution in [0.3, 0.4) is 0 Å². The number of rotatable bonds is 3. The number of amides is 2. The molecule has 3 aromatic rings. The van der Waals surface area contributed by atoms with Gasteiger partial charge in [-0.2, -0.15) is 0 Å². The topological polar surface area (TPSA) is 69.6 Å². The maximum atomic E-state index is 13.2. The number of anilines is 2. The van der Waals surface area contributed by atoms with Gasteiger partial charge in [-0.1, -0.05) is 36.4 Å². The van der Waals surface area contributed by atoms with Crippen molar-refractivity contribution in [1.82, 2.24) is 0 Å². The van der Waals surface area contributed by atoms with Gasteiger partial charge in [0.2, 0.25) is 0 Å². The minimum absolute atomic E-state index is 0.117. The number of fused-ring (bicyclic) bond motifs is 1. The van der Waals surface area contributed by atoms with Crippen LogP contribution in [-0.4, -0.2) is 29.6 Å². The summed E-state index contributed by atoms with van der Waals surface area (Å²) in [6, 6.07) is 22.0. The van der Waals surface area contributed by atoms with Crippen LogP contribution in [0.25, 0.3) is 0 Å². The highest BCUT2D eigenvalue weighted by Crippen LogP contribution is 2.28. The lowest BCUT2D eigenvalue weighted by Crippen LogP contribution is -2.32. The van der Waals surface area contributed by atoms with E-state index in [1.165, 1.54) is 0 Å². The van der Waals surface area contributed by atoms with Gasteiger partial charge in [-0.25, -0.2) is 0 Å². The maximum absolute atomic E-state index is 13.2. The highest BCUT2D eigenvalue weighted by molar-refractivity contribution is 6.08. The SMILES string of the molecule is Cc1ccccc1C(=O)Nc1ccc(C(=O)N2CCC(O)Cc3ccccc32)cc1. The first kappa shape index (κ1) is 19.9. The van der Waals surface area contributed by atoms with Gasteiger partial charge in [-0.3, -0.25) is 9.59 Å². The average Bonchev–Trinajstić information content (AvgIpc) is 2.92. The highest BCUT2D eigenvalue weighted by Gasteiger charge is 2.25. The first-order valence-electron chi connectivity index (χ1n) is 10.1. The van der Waals surface area contributed by atoms with E-state index < -0.39 is 6.10 Å². The largest absolute Gasteiger partial charge is 0.393 e. The first-order chi connectivity index (χ1) is 14.5. The van der Waals surface area contributed by atoms with Crippen molar-refractivity contribution in [2.45, 2.75) is 25.9 Å². The molecular formula is C25H24N2O3. The normalized spacial score (nSPS) is 15.8. The first-order valence-corrected chi connectivity index (χ1v) is 10.1. The summed E-state index contributed by atoms with van der Waals surface area (Å²) in [5.41, 5.74) is 4.51. The summed E-state index contributed by atoms with van der Waals surface area (Å²) in [6.45, 7) is 2.36. The van der Waals surface area contributed by atoms with Crippen LogP contribution in [0, 0.1) is 6.92 Å². The molecule has 0 spiro atoms. The molecule has 1 atom stereocenters. The van der Waals surface area contributed by atoms with Crippen molar-refractivity contribution in [3.05, 3.63) is 95.1 Å². The second kappa shape index (κ2) is 8.51. The Hall–Kier alpha value is -3.44. The summed E-state index contributed by atoms with van der Waals surface area (Å²) >= 11 is 0. The zero-order valence-electron chi connectivity index (χ0n) is 16.8. The lowest BCUT2D eigenvalue weighted by atomic mass is 10.1. The molecule has 0 saturated carbocycles. The van der Waals surface area contributed by atoms with Crippen LogP contribution in [0.15, 0.2) is 72.8 Å². The molecule has 5 nitrogen and oxygen atoms in total. The highest BCUT2D eigenvalue weighted by atomic mass is 16.3. The summed E-state index contributed by atoms with van der Waals surface area (Å²) in [5, 5.41) is 13.0. The third kappa shape index (κ3) is 4.11. The maximum Gasteiger partial charge on any atom is 0.258 e. The van der Waals surface area contributed by atoms with Gasteiger partial charge in [0, 0.05) is 35.5 Å². The van der Waals surface area contributed by atoms with E-state index in [4.69, 9.17) is 0 Å². The fraction of sp³-hybridized carbons (Fsp3) is 0.200. The van der Waals surface area contributed by atoms with Crippen molar-refractivity contribution in [3.63, 3.8) is 0 Å². The molecule has 1 aliphatic rings. The van der Waals surface area contributed by atoms with Gasteiger partial charge in [0.05, 0.1) is 6.10 Å². The molecule has 4 rings (SSSR count). The Kier molecular flexibility index (Phi) is 5.63. The van der Waals surface area contributed by atoms with E-state index in [9.17, 15) is 14.7 Å². The van der Waals surface area contributed by atoms with Gasteiger partial charge in [-0.05, 0) is 60.9 Å². The summed E-state index contributed by atoms with van der Waals surface area (Å²) in [4.78, 5) is 27.4. The summed E-state index contributed by atoms with van der Waals surface area (Å²) in [5.74, 6) is -0.295. The molecule has 1 unspecified atom stereocenters. The van der Waals surface area contributed by atoms with E-state index in [1.807, 2.05) is 49.4 Å². The number of aliphatic hydroxyl groups is 1. The Morgan fingerprint density at radius 2 is 1.67 bits per heavy atom. The van der Waals surface area contributed by atoms with Crippen molar-refractivity contribution >= 4 is 23.2 Å². The zero-order valence-corrected chi connectivity index (χ0v) is 16.8. The van der Waals surface area contributed by atoms with Crippen LogP contribution in [0.5, 0.6) is 0 Å². The Balaban J connectivity index is 1.52. The molecule has 2 amide bonds. The van der Waals surface area contributed by atoms with Crippen LogP contribution in [0.1, 0.15) is 38.3 Å². The monoisotopic (exact) mass is 400 g/mol. The summed E-state index contributed by atoms with van der Waals surface area (Å²) in [6.07, 6.45) is 0.623. The predicted octanol–water partition coefficient (Wildman–Crippen LogP) is 4.20. The molecule has 0 aromatic heterocycles. The number of nitrogens with zero attached hydrogens (tertiary/aromatic N) is 1. The minimum atomic E-state index is -0.456. The fourth-order valence-corrected chi connectivity index (χ4v) is 3.79. The Morgan fingerprint density at radius 3 is 2.43 bits per heavy atom. The molecule has 0 saturated heterocycles. The van der Waals surface area contributed by atoms with Crippen molar-refractivity contribution in [1.29, 1.82) is 0 Å². The second-order valence-electron chi connectivity index (χ2n) is 7.58. The molecule has 5 heteroatoms. The van der Waals surface area contributed by atoms with Crippen LogP contribution >= 0.6 is 0 Å². The third-order valence-electron chi connectivity index (χ3n) is 5.45. The molecule has 0 aliphatic carbocycles. The number of para-hydroxylation sites is 1. The van der Waals surface area contributed by atoms with Crippen molar-refractivity contribution in [2.24, 2.45) is 0 Å². The molecule has 1 heterocycles. The van der Waals surface area contributed by atoms with Gasteiger partial charge in [0.15, 0.2) is 0 Å². The van der Waals surface area contributed by atoms with Gasteiger partial charge < -0.3 is 15.3 Å². The second-order valence-corrected chi connectivity index (χ2v) is 7.58. The van der Waals surface area contributed by atoms with Crippen LogP contribution in [0.2, 0.25) is 0 Å². The molecule has 3 aromatic carbocycles. The van der Waals surface area contributed by atoms with Gasteiger partial charge in [0.25, 0.3) is 11.8 Å². The summed E-state index contributed by atoms with van der Waals surface area (Å²) < 4.78 is 0.